The van der Waals surface area contributed by atoms with E-state index in [0.717, 1.165) is 17.1 Å². The minimum atomic E-state index is -0.382. The van der Waals surface area contributed by atoms with Crippen LogP contribution in [0.25, 0.3) is 0 Å². The first-order chi connectivity index (χ1) is 8.20. The van der Waals surface area contributed by atoms with Crippen LogP contribution in [0.15, 0.2) is 5.38 Å². The monoisotopic (exact) mass is 269 g/mol. The molecule has 0 saturated carbocycles. The van der Waals surface area contributed by atoms with E-state index in [0.29, 0.717) is 6.42 Å². The van der Waals surface area contributed by atoms with Gasteiger partial charge in [-0.25, -0.2) is 4.98 Å². The molecule has 0 aromatic carbocycles. The second-order valence-corrected chi connectivity index (χ2v) is 7.37. The number of ether oxygens (including phenoxy) is 1. The Morgan fingerprint density at radius 1 is 1.50 bits per heavy atom. The van der Waals surface area contributed by atoms with Gasteiger partial charge in [0.2, 0.25) is 0 Å². The van der Waals surface area contributed by atoms with Crippen LogP contribution in [-0.2, 0) is 11.2 Å². The minimum Gasteiger partial charge on any atom is -0.392 e. The van der Waals surface area contributed by atoms with E-state index in [1.165, 1.54) is 0 Å². The third-order valence-corrected chi connectivity index (χ3v) is 4.65. The van der Waals surface area contributed by atoms with Crippen LogP contribution in [0.1, 0.15) is 44.8 Å². The standard InChI is InChI=1S/C14H23NO2S/c1-9-8-18-12(15-9)6-11(16)10-7-13(2,3)17-14(10,4)5/h8,10-11,16H,6-7H2,1-5H3. The lowest BCUT2D eigenvalue weighted by Crippen LogP contribution is -2.37. The Morgan fingerprint density at radius 2 is 2.17 bits per heavy atom. The first-order valence-corrected chi connectivity index (χ1v) is 7.37. The molecule has 0 amide bonds. The molecule has 4 heteroatoms. The number of hydrogen-bond acceptors (Lipinski definition) is 4. The van der Waals surface area contributed by atoms with Gasteiger partial charge in [-0.05, 0) is 41.0 Å². The predicted molar refractivity (Wildman–Crippen MR) is 73.9 cm³/mol. The fourth-order valence-corrected chi connectivity index (χ4v) is 3.84. The maximum atomic E-state index is 10.5. The van der Waals surface area contributed by atoms with Crippen LogP contribution in [0.3, 0.4) is 0 Å². The summed E-state index contributed by atoms with van der Waals surface area (Å²) in [6.07, 6.45) is 1.14. The van der Waals surface area contributed by atoms with E-state index in [1.54, 1.807) is 11.3 Å². The molecule has 1 fully saturated rings. The van der Waals surface area contributed by atoms with Crippen LogP contribution in [-0.4, -0.2) is 27.4 Å². The fraction of sp³-hybridized carbons (Fsp3) is 0.786. The summed E-state index contributed by atoms with van der Waals surface area (Å²) in [6.45, 7) is 10.3. The van der Waals surface area contributed by atoms with E-state index < -0.39 is 0 Å². The molecular weight excluding hydrogens is 246 g/mol. The van der Waals surface area contributed by atoms with Gasteiger partial charge < -0.3 is 9.84 Å². The van der Waals surface area contributed by atoms with Crippen molar-refractivity contribution in [1.29, 1.82) is 0 Å². The highest BCUT2D eigenvalue weighted by Crippen LogP contribution is 2.44. The molecule has 0 radical (unpaired) electrons. The summed E-state index contributed by atoms with van der Waals surface area (Å²) in [5.41, 5.74) is 0.618. The molecule has 2 heterocycles. The summed E-state index contributed by atoms with van der Waals surface area (Å²) in [5, 5.41) is 13.5. The normalized spacial score (nSPS) is 27.3. The van der Waals surface area contributed by atoms with Crippen molar-refractivity contribution < 1.29 is 9.84 Å². The number of aliphatic hydroxyl groups excluding tert-OH is 1. The van der Waals surface area contributed by atoms with Gasteiger partial charge in [-0.15, -0.1) is 11.3 Å². The van der Waals surface area contributed by atoms with Crippen LogP contribution in [0.5, 0.6) is 0 Å². The molecule has 0 aliphatic carbocycles. The quantitative estimate of drug-likeness (QED) is 0.917. The average Bonchev–Trinajstić information content (AvgIpc) is 2.67. The molecule has 2 unspecified atom stereocenters. The van der Waals surface area contributed by atoms with Gasteiger partial charge in [0.25, 0.3) is 0 Å². The Kier molecular flexibility index (Phi) is 3.56. The molecule has 0 spiro atoms. The first kappa shape index (κ1) is 14.0. The molecule has 2 rings (SSSR count). The van der Waals surface area contributed by atoms with Crippen molar-refractivity contribution in [1.82, 2.24) is 4.98 Å². The number of aromatic nitrogens is 1. The third-order valence-electron chi connectivity index (χ3n) is 3.66. The van der Waals surface area contributed by atoms with Crippen LogP contribution >= 0.6 is 11.3 Å². The zero-order valence-corrected chi connectivity index (χ0v) is 12.7. The molecule has 0 bridgehead atoms. The van der Waals surface area contributed by atoms with E-state index in [9.17, 15) is 5.11 Å². The van der Waals surface area contributed by atoms with E-state index >= 15 is 0 Å². The molecule has 1 N–H and O–H groups in total. The zero-order valence-electron chi connectivity index (χ0n) is 11.9. The highest BCUT2D eigenvalue weighted by molar-refractivity contribution is 7.09. The Hall–Kier alpha value is -0.450. The van der Waals surface area contributed by atoms with Gasteiger partial charge in [0.15, 0.2) is 0 Å². The zero-order chi connectivity index (χ0) is 13.6. The second kappa shape index (κ2) is 4.58. The van der Waals surface area contributed by atoms with Crippen LogP contribution < -0.4 is 0 Å². The van der Waals surface area contributed by atoms with E-state index in [2.05, 4.69) is 32.7 Å². The predicted octanol–water partition coefficient (Wildman–Crippen LogP) is 2.95. The molecule has 18 heavy (non-hydrogen) atoms. The minimum absolute atomic E-state index is 0.145. The van der Waals surface area contributed by atoms with Gasteiger partial charge in [0.1, 0.15) is 0 Å². The lowest BCUT2D eigenvalue weighted by molar-refractivity contribution is -0.0873. The average molecular weight is 269 g/mol. The molecule has 1 aromatic rings. The summed E-state index contributed by atoms with van der Waals surface area (Å²) in [5.74, 6) is 0.164. The first-order valence-electron chi connectivity index (χ1n) is 6.49. The van der Waals surface area contributed by atoms with Gasteiger partial charge >= 0.3 is 0 Å². The van der Waals surface area contributed by atoms with Crippen molar-refractivity contribution in [3.05, 3.63) is 16.1 Å². The Balaban J connectivity index is 2.07. The van der Waals surface area contributed by atoms with Crippen molar-refractivity contribution in [2.45, 2.75) is 64.8 Å². The molecule has 1 aromatic heterocycles. The Labute approximate surface area is 113 Å². The number of aliphatic hydroxyl groups is 1. The number of hydrogen-bond donors (Lipinski definition) is 1. The van der Waals surface area contributed by atoms with E-state index in [-0.39, 0.29) is 23.2 Å². The molecule has 3 nitrogen and oxygen atoms in total. The molecule has 2 atom stereocenters. The highest BCUT2D eigenvalue weighted by Gasteiger charge is 2.48. The van der Waals surface area contributed by atoms with Crippen molar-refractivity contribution >= 4 is 11.3 Å². The summed E-state index contributed by atoms with van der Waals surface area (Å²) in [7, 11) is 0. The number of thiazole rings is 1. The molecule has 1 aliphatic heterocycles. The second-order valence-electron chi connectivity index (χ2n) is 6.43. The maximum absolute atomic E-state index is 10.5. The molecular formula is C14H23NO2S. The largest absolute Gasteiger partial charge is 0.392 e. The van der Waals surface area contributed by atoms with Gasteiger partial charge in [-0.1, -0.05) is 0 Å². The van der Waals surface area contributed by atoms with Gasteiger partial charge in [0, 0.05) is 23.4 Å². The van der Waals surface area contributed by atoms with E-state index in [1.807, 2.05) is 12.3 Å². The molecule has 102 valence electrons. The number of aryl methyl sites for hydroxylation is 1. The Bertz CT molecular complexity index is 425. The SMILES string of the molecule is Cc1csc(CC(O)C2CC(C)(C)OC2(C)C)n1. The number of nitrogens with zero attached hydrogens (tertiary/aromatic N) is 1. The molecule has 1 aliphatic rings. The Morgan fingerprint density at radius 3 is 2.61 bits per heavy atom. The van der Waals surface area contributed by atoms with Crippen molar-refractivity contribution in [3.63, 3.8) is 0 Å². The highest BCUT2D eigenvalue weighted by atomic mass is 32.1. The van der Waals surface area contributed by atoms with Gasteiger partial charge in [-0.3, -0.25) is 0 Å². The van der Waals surface area contributed by atoms with Crippen molar-refractivity contribution in [2.24, 2.45) is 5.92 Å². The third kappa shape index (κ3) is 2.92. The summed E-state index contributed by atoms with van der Waals surface area (Å²) in [4.78, 5) is 4.42. The topological polar surface area (TPSA) is 42.4 Å². The smallest absolute Gasteiger partial charge is 0.0954 e. The van der Waals surface area contributed by atoms with Crippen LogP contribution in [0.4, 0.5) is 0 Å². The fourth-order valence-electron chi connectivity index (χ4n) is 3.02. The van der Waals surface area contributed by atoms with Gasteiger partial charge in [0.05, 0.1) is 22.3 Å². The van der Waals surface area contributed by atoms with Gasteiger partial charge in [-0.2, -0.15) is 0 Å². The lowest BCUT2D eigenvalue weighted by atomic mass is 9.82. The summed E-state index contributed by atoms with van der Waals surface area (Å²) < 4.78 is 6.04. The number of rotatable bonds is 3. The molecule has 1 saturated heterocycles. The van der Waals surface area contributed by atoms with E-state index in [4.69, 9.17) is 4.74 Å². The van der Waals surface area contributed by atoms with Crippen LogP contribution in [0.2, 0.25) is 0 Å². The van der Waals surface area contributed by atoms with Crippen molar-refractivity contribution in [2.75, 3.05) is 0 Å². The summed E-state index contributed by atoms with van der Waals surface area (Å²) >= 11 is 1.62. The summed E-state index contributed by atoms with van der Waals surface area (Å²) in [6, 6.07) is 0. The van der Waals surface area contributed by atoms with Crippen LogP contribution in [0, 0.1) is 12.8 Å². The lowest BCUT2D eigenvalue weighted by Gasteiger charge is -2.30. The van der Waals surface area contributed by atoms with Crippen molar-refractivity contribution in [3.8, 4) is 0 Å². The maximum Gasteiger partial charge on any atom is 0.0954 e.